The highest BCUT2D eigenvalue weighted by molar-refractivity contribution is 7.96. The number of nitrogens with zero attached hydrogens (tertiary/aromatic N) is 9. The third-order valence-electron chi connectivity index (χ3n) is 7.40. The molecule has 1 aliphatic carbocycles. The molecular weight excluding hydrogens is 556 g/mol. The van der Waals surface area contributed by atoms with Crippen molar-refractivity contribution in [1.82, 2.24) is 23.8 Å². The number of hydrogen-bond donors (Lipinski definition) is 1. The molecule has 2 aromatic rings. The minimum absolute atomic E-state index is 0.138. The van der Waals surface area contributed by atoms with Crippen molar-refractivity contribution in [2.75, 3.05) is 0 Å². The van der Waals surface area contributed by atoms with Gasteiger partial charge in [-0.15, -0.1) is 0 Å². The number of rotatable bonds is 14. The first-order valence-electron chi connectivity index (χ1n) is 14.7. The number of nitrogens with one attached hydrogen (secondary N) is 1. The second-order valence-electron chi connectivity index (χ2n) is 10.3. The number of allylic oxidation sites excluding steroid dienone is 3. The maximum Gasteiger partial charge on any atom is 0.177 e. The van der Waals surface area contributed by atoms with Gasteiger partial charge in [0.05, 0.1) is 23.9 Å². The van der Waals surface area contributed by atoms with Crippen molar-refractivity contribution in [2.45, 2.75) is 84.3 Å². The summed E-state index contributed by atoms with van der Waals surface area (Å²) in [6, 6.07) is 8.24. The molecule has 0 aromatic carbocycles. The Morgan fingerprint density at radius 1 is 0.744 bits per heavy atom. The van der Waals surface area contributed by atoms with Gasteiger partial charge in [0.1, 0.15) is 35.9 Å². The zero-order valence-corrected chi connectivity index (χ0v) is 25.4. The summed E-state index contributed by atoms with van der Waals surface area (Å²) in [6.07, 6.45) is 19.9. The van der Waals surface area contributed by atoms with Crippen LogP contribution in [0.4, 0.5) is 0 Å². The molecule has 1 unspecified atom stereocenters. The summed E-state index contributed by atoms with van der Waals surface area (Å²) in [5, 5.41) is 38.5. The van der Waals surface area contributed by atoms with Crippen molar-refractivity contribution in [3.8, 4) is 24.3 Å². The summed E-state index contributed by atoms with van der Waals surface area (Å²) in [6.45, 7) is 5.56. The van der Waals surface area contributed by atoms with E-state index in [1.54, 1.807) is 0 Å². The lowest BCUT2D eigenvalue weighted by Gasteiger charge is -2.18. The van der Waals surface area contributed by atoms with E-state index in [4.69, 9.17) is 0 Å². The number of unbranched alkanes of at least 4 members (excludes halogenated alkanes) is 6. The molecule has 4 rings (SSSR count). The van der Waals surface area contributed by atoms with Gasteiger partial charge in [-0.25, -0.2) is 19.1 Å². The van der Waals surface area contributed by atoms with Crippen molar-refractivity contribution in [3.05, 3.63) is 69.9 Å². The van der Waals surface area contributed by atoms with Crippen molar-refractivity contribution in [2.24, 2.45) is 4.40 Å². The predicted octanol–water partition coefficient (Wildman–Crippen LogP) is 6.30. The van der Waals surface area contributed by atoms with Gasteiger partial charge in [0, 0.05) is 13.1 Å². The molecule has 1 N–H and O–H groups in total. The topological polar surface area (TPSA) is 155 Å². The van der Waals surface area contributed by atoms with E-state index in [0.29, 0.717) is 36.1 Å². The molecule has 1 aliphatic heterocycles. The van der Waals surface area contributed by atoms with E-state index in [1.165, 1.54) is 12.1 Å². The molecule has 3 heterocycles. The Kier molecular flexibility index (Phi) is 11.3. The van der Waals surface area contributed by atoms with E-state index in [9.17, 15) is 21.0 Å². The molecular formula is C32H34N10S. The van der Waals surface area contributed by atoms with E-state index >= 15 is 0 Å². The molecule has 1 atom stereocenters. The van der Waals surface area contributed by atoms with Crippen LogP contribution in [0.5, 0.6) is 0 Å². The first kappa shape index (κ1) is 31.3. The molecule has 0 saturated heterocycles. The second-order valence-corrected chi connectivity index (χ2v) is 10.9. The molecule has 43 heavy (non-hydrogen) atoms. The van der Waals surface area contributed by atoms with Crippen LogP contribution in [0.2, 0.25) is 0 Å². The predicted molar refractivity (Wildman–Crippen MR) is 168 cm³/mol. The van der Waals surface area contributed by atoms with Gasteiger partial charge in [-0.2, -0.15) is 21.0 Å². The smallest absolute Gasteiger partial charge is 0.177 e. The fourth-order valence-electron chi connectivity index (χ4n) is 5.10. The minimum atomic E-state index is -0.164. The molecule has 0 saturated carbocycles. The van der Waals surface area contributed by atoms with Crippen LogP contribution in [-0.2, 0) is 13.1 Å². The molecule has 218 valence electrons. The van der Waals surface area contributed by atoms with E-state index in [-0.39, 0.29) is 17.4 Å². The monoisotopic (exact) mass is 590 g/mol. The molecule has 2 aromatic heterocycles. The molecule has 2 aliphatic rings. The van der Waals surface area contributed by atoms with E-state index in [2.05, 4.69) is 57.2 Å². The van der Waals surface area contributed by atoms with Crippen LogP contribution >= 0.6 is 12.1 Å². The van der Waals surface area contributed by atoms with Gasteiger partial charge in [-0.05, 0) is 42.2 Å². The molecule has 11 heteroatoms. The highest BCUT2D eigenvalue weighted by atomic mass is 32.2. The second kappa shape index (κ2) is 15.5. The van der Waals surface area contributed by atoms with Crippen LogP contribution in [0.15, 0.2) is 39.8 Å². The molecule has 10 nitrogen and oxygen atoms in total. The van der Waals surface area contributed by atoms with Gasteiger partial charge < -0.3 is 9.13 Å². The third kappa shape index (κ3) is 7.22. The summed E-state index contributed by atoms with van der Waals surface area (Å²) in [7, 11) is 0. The summed E-state index contributed by atoms with van der Waals surface area (Å²) in [4.78, 5) is 8.87. The van der Waals surface area contributed by atoms with Crippen molar-refractivity contribution in [1.29, 1.82) is 21.0 Å². The Hall–Kier alpha value is -4.68. The third-order valence-corrected chi connectivity index (χ3v) is 8.03. The van der Waals surface area contributed by atoms with Gasteiger partial charge in [0.2, 0.25) is 0 Å². The van der Waals surface area contributed by atoms with Gasteiger partial charge in [0.25, 0.3) is 0 Å². The molecule has 0 radical (unpaired) electrons. The van der Waals surface area contributed by atoms with Gasteiger partial charge >= 0.3 is 0 Å². The van der Waals surface area contributed by atoms with Crippen LogP contribution < -0.4 is 4.72 Å². The Morgan fingerprint density at radius 3 is 1.81 bits per heavy atom. The first-order chi connectivity index (χ1) is 21.1. The number of imidazole rings is 2. The van der Waals surface area contributed by atoms with E-state index in [1.807, 2.05) is 45.6 Å². The molecule has 0 spiro atoms. The van der Waals surface area contributed by atoms with Crippen LogP contribution in [-0.4, -0.2) is 30.9 Å². The van der Waals surface area contributed by atoms with E-state index in [0.717, 1.165) is 68.2 Å². The SMILES string of the molecule is CCCCCCn1c(/C=C/C2=CC=C(/C=C/c3nc(C#N)c(C#N)n3CCCCCC)C3NSN=C23)nc(C#N)c1C#N. The van der Waals surface area contributed by atoms with Crippen molar-refractivity contribution < 1.29 is 0 Å². The quantitative estimate of drug-likeness (QED) is 0.199. The standard InChI is InChI=1S/C32H34N10S/c1-3-5-7-9-17-41-27(21-35)25(19-33)37-29(41)15-13-23-11-12-24(32-31(23)39-43-40-32)14-16-30-38-26(20-34)28(22-36)42(30)18-10-8-6-4-2/h11-16,31,39H,3-10,17-18H2,1-2H3/b15-13+,16-14+. The van der Waals surface area contributed by atoms with Gasteiger partial charge in [0.15, 0.2) is 22.8 Å². The lowest BCUT2D eigenvalue weighted by atomic mass is 9.91. The zero-order valence-electron chi connectivity index (χ0n) is 24.5. The number of nitriles is 4. The minimum Gasteiger partial charge on any atom is -0.315 e. The maximum atomic E-state index is 9.70. The largest absolute Gasteiger partial charge is 0.315 e. The van der Waals surface area contributed by atoms with Gasteiger partial charge in [-0.3, -0.25) is 0 Å². The summed E-state index contributed by atoms with van der Waals surface area (Å²) < 4.78 is 11.6. The number of aromatic nitrogens is 4. The molecule has 0 amide bonds. The van der Waals surface area contributed by atoms with E-state index < -0.39 is 0 Å². The average Bonchev–Trinajstić information content (AvgIpc) is 3.75. The normalized spacial score (nSPS) is 15.9. The van der Waals surface area contributed by atoms with Crippen LogP contribution in [0.25, 0.3) is 12.2 Å². The molecule has 0 bridgehead atoms. The fraction of sp³-hybridized carbons (Fsp3) is 0.406. The summed E-state index contributed by atoms with van der Waals surface area (Å²) >= 11 is 1.27. The average molecular weight is 591 g/mol. The lowest BCUT2D eigenvalue weighted by Crippen LogP contribution is -2.31. The Balaban J connectivity index is 1.60. The number of fused-ring (bicyclic) bond motifs is 1. The Bertz CT molecular complexity index is 1650. The van der Waals surface area contributed by atoms with Crippen molar-refractivity contribution >= 4 is 30.0 Å². The Morgan fingerprint density at radius 2 is 1.30 bits per heavy atom. The maximum absolute atomic E-state index is 9.70. The summed E-state index contributed by atoms with van der Waals surface area (Å²) in [5.41, 5.74) is 3.58. The van der Waals surface area contributed by atoms with Gasteiger partial charge in [-0.1, -0.05) is 70.6 Å². The summed E-state index contributed by atoms with van der Waals surface area (Å²) in [5.74, 6) is 1.15. The van der Waals surface area contributed by atoms with Crippen LogP contribution in [0.3, 0.4) is 0 Å². The number of hydrogen-bond acceptors (Lipinski definition) is 9. The molecule has 0 fully saturated rings. The zero-order chi connectivity index (χ0) is 30.6. The fourth-order valence-corrected chi connectivity index (χ4v) is 5.82. The first-order valence-corrected chi connectivity index (χ1v) is 15.5. The van der Waals surface area contributed by atoms with Crippen LogP contribution in [0.1, 0.15) is 99.6 Å². The highest BCUT2D eigenvalue weighted by Crippen LogP contribution is 2.29. The highest BCUT2D eigenvalue weighted by Gasteiger charge is 2.29. The van der Waals surface area contributed by atoms with Crippen LogP contribution in [0, 0.1) is 45.3 Å². The van der Waals surface area contributed by atoms with Crippen molar-refractivity contribution in [3.63, 3.8) is 0 Å². The lowest BCUT2D eigenvalue weighted by molar-refractivity contribution is 0.576. The Labute approximate surface area is 257 Å².